The van der Waals surface area contributed by atoms with Gasteiger partial charge in [0.25, 0.3) is 5.91 Å². The largest absolute Gasteiger partial charge is 0.348 e. The summed E-state index contributed by atoms with van der Waals surface area (Å²) in [5, 5.41) is 2.98. The highest BCUT2D eigenvalue weighted by molar-refractivity contribution is 5.95. The summed E-state index contributed by atoms with van der Waals surface area (Å²) >= 11 is 0. The van der Waals surface area contributed by atoms with Gasteiger partial charge >= 0.3 is 0 Å². The first kappa shape index (κ1) is 12.0. The van der Waals surface area contributed by atoms with Crippen LogP contribution >= 0.6 is 0 Å². The molecule has 0 bridgehead atoms. The van der Waals surface area contributed by atoms with Crippen molar-refractivity contribution in [3.8, 4) is 0 Å². The van der Waals surface area contributed by atoms with Gasteiger partial charge in [-0.1, -0.05) is 0 Å². The van der Waals surface area contributed by atoms with Crippen LogP contribution in [0.4, 0.5) is 4.39 Å². The topological polar surface area (TPSA) is 32.3 Å². The molecule has 0 saturated carbocycles. The molecule has 1 saturated heterocycles. The zero-order chi connectivity index (χ0) is 12.4. The van der Waals surface area contributed by atoms with Crippen LogP contribution in [0.2, 0.25) is 0 Å². The van der Waals surface area contributed by atoms with Crippen LogP contribution in [0, 0.1) is 12.7 Å². The van der Waals surface area contributed by atoms with Crippen molar-refractivity contribution in [2.24, 2.45) is 0 Å². The molecule has 1 N–H and O–H groups in total. The Morgan fingerprint density at radius 2 is 2.29 bits per heavy atom. The van der Waals surface area contributed by atoms with Crippen molar-refractivity contribution >= 4 is 5.91 Å². The molecule has 0 spiro atoms. The van der Waals surface area contributed by atoms with Gasteiger partial charge in [-0.3, -0.25) is 4.79 Å². The number of nitrogens with zero attached hydrogens (tertiary/aromatic N) is 1. The summed E-state index contributed by atoms with van der Waals surface area (Å²) in [6, 6.07) is 4.45. The molecule has 1 fully saturated rings. The van der Waals surface area contributed by atoms with E-state index in [9.17, 15) is 9.18 Å². The Hall–Kier alpha value is -1.42. The molecule has 1 atom stereocenters. The Kier molecular flexibility index (Phi) is 3.43. The summed E-state index contributed by atoms with van der Waals surface area (Å²) < 4.78 is 12.9. The number of rotatable bonds is 2. The van der Waals surface area contributed by atoms with Gasteiger partial charge < -0.3 is 10.2 Å². The minimum atomic E-state index is -0.306. The first-order valence-electron chi connectivity index (χ1n) is 5.82. The summed E-state index contributed by atoms with van der Waals surface area (Å²) in [5.41, 5.74) is 1.23. The Labute approximate surface area is 101 Å². The third-order valence-electron chi connectivity index (χ3n) is 3.16. The molecule has 1 aromatic rings. The normalized spacial score (nSPS) is 20.5. The predicted octanol–water partition coefficient (Wildman–Crippen LogP) is 1.57. The van der Waals surface area contributed by atoms with Crippen LogP contribution in [0.15, 0.2) is 18.2 Å². The number of nitrogens with one attached hydrogen (secondary N) is 1. The lowest BCUT2D eigenvalue weighted by Crippen LogP contribution is -2.36. The van der Waals surface area contributed by atoms with Crippen LogP contribution in [0.3, 0.4) is 0 Å². The van der Waals surface area contributed by atoms with Gasteiger partial charge in [0.2, 0.25) is 0 Å². The Balaban J connectivity index is 2.04. The van der Waals surface area contributed by atoms with E-state index >= 15 is 0 Å². The summed E-state index contributed by atoms with van der Waals surface area (Å²) in [7, 11) is 2.04. The minimum absolute atomic E-state index is 0.109. The van der Waals surface area contributed by atoms with Gasteiger partial charge in [-0.2, -0.15) is 0 Å². The average molecular weight is 236 g/mol. The molecule has 1 unspecified atom stereocenters. The molecule has 1 aliphatic heterocycles. The SMILES string of the molecule is Cc1cc(F)ccc1C(=O)NC1CCN(C)C1. The van der Waals surface area contributed by atoms with Crippen molar-refractivity contribution in [2.75, 3.05) is 20.1 Å². The monoisotopic (exact) mass is 236 g/mol. The molecule has 1 aliphatic rings. The second-order valence-corrected chi connectivity index (χ2v) is 4.68. The first-order chi connectivity index (χ1) is 8.06. The van der Waals surface area contributed by atoms with E-state index in [2.05, 4.69) is 10.2 Å². The molecular formula is C13H17FN2O. The van der Waals surface area contributed by atoms with Crippen molar-refractivity contribution in [2.45, 2.75) is 19.4 Å². The highest BCUT2D eigenvalue weighted by Gasteiger charge is 2.22. The average Bonchev–Trinajstić information content (AvgIpc) is 2.63. The number of hydrogen-bond acceptors (Lipinski definition) is 2. The fraction of sp³-hybridized carbons (Fsp3) is 0.462. The summed E-state index contributed by atoms with van der Waals surface area (Å²) in [6.45, 7) is 3.64. The molecule has 2 rings (SSSR count). The van der Waals surface area contributed by atoms with Gasteiger partial charge in [-0.25, -0.2) is 4.39 Å². The maximum atomic E-state index is 12.9. The maximum absolute atomic E-state index is 12.9. The lowest BCUT2D eigenvalue weighted by atomic mass is 10.1. The van der Waals surface area contributed by atoms with Gasteiger partial charge in [0.05, 0.1) is 0 Å². The third-order valence-corrected chi connectivity index (χ3v) is 3.16. The molecule has 3 nitrogen and oxygen atoms in total. The lowest BCUT2D eigenvalue weighted by molar-refractivity contribution is 0.0938. The van der Waals surface area contributed by atoms with Crippen LogP contribution < -0.4 is 5.32 Å². The first-order valence-corrected chi connectivity index (χ1v) is 5.82. The maximum Gasteiger partial charge on any atom is 0.251 e. The molecule has 17 heavy (non-hydrogen) atoms. The molecule has 92 valence electrons. The van der Waals surface area contributed by atoms with Gasteiger partial charge in [0.15, 0.2) is 0 Å². The number of likely N-dealkylation sites (tertiary alicyclic amines) is 1. The highest BCUT2D eigenvalue weighted by Crippen LogP contribution is 2.12. The number of likely N-dealkylation sites (N-methyl/N-ethyl adjacent to an activating group) is 1. The summed E-state index contributed by atoms with van der Waals surface area (Å²) in [6.07, 6.45) is 0.975. The molecule has 1 amide bonds. The van der Waals surface area contributed by atoms with Gasteiger partial charge in [-0.15, -0.1) is 0 Å². The van der Waals surface area contributed by atoms with Crippen LogP contribution in [0.25, 0.3) is 0 Å². The van der Waals surface area contributed by atoms with E-state index in [4.69, 9.17) is 0 Å². The van der Waals surface area contributed by atoms with Crippen molar-refractivity contribution < 1.29 is 9.18 Å². The number of hydrogen-bond donors (Lipinski definition) is 1. The van der Waals surface area contributed by atoms with Gasteiger partial charge in [-0.05, 0) is 50.7 Å². The second-order valence-electron chi connectivity index (χ2n) is 4.68. The van der Waals surface area contributed by atoms with Crippen molar-refractivity contribution in [3.63, 3.8) is 0 Å². The molecule has 1 aromatic carbocycles. The van der Waals surface area contributed by atoms with Crippen LogP contribution in [-0.2, 0) is 0 Å². The van der Waals surface area contributed by atoms with Crippen molar-refractivity contribution in [3.05, 3.63) is 35.1 Å². The van der Waals surface area contributed by atoms with Crippen LogP contribution in [-0.4, -0.2) is 37.0 Å². The number of carbonyl (C=O) groups is 1. The molecule has 0 aliphatic carbocycles. The van der Waals surface area contributed by atoms with Crippen molar-refractivity contribution in [1.82, 2.24) is 10.2 Å². The minimum Gasteiger partial charge on any atom is -0.348 e. The quantitative estimate of drug-likeness (QED) is 0.845. The van der Waals surface area contributed by atoms with Crippen molar-refractivity contribution in [1.29, 1.82) is 0 Å². The van der Waals surface area contributed by atoms with E-state index < -0.39 is 0 Å². The number of halogens is 1. The van der Waals surface area contributed by atoms with E-state index in [0.29, 0.717) is 11.1 Å². The Morgan fingerprint density at radius 3 is 2.88 bits per heavy atom. The van der Waals surface area contributed by atoms with E-state index in [1.165, 1.54) is 12.1 Å². The number of benzene rings is 1. The molecule has 0 radical (unpaired) electrons. The number of aryl methyl sites for hydroxylation is 1. The van der Waals surface area contributed by atoms with Gasteiger partial charge in [0, 0.05) is 18.2 Å². The Bertz CT molecular complexity index is 433. The Morgan fingerprint density at radius 1 is 1.53 bits per heavy atom. The molecular weight excluding hydrogens is 219 g/mol. The molecule has 4 heteroatoms. The fourth-order valence-electron chi connectivity index (χ4n) is 2.20. The summed E-state index contributed by atoms with van der Waals surface area (Å²) in [4.78, 5) is 14.2. The lowest BCUT2D eigenvalue weighted by Gasteiger charge is -2.14. The smallest absolute Gasteiger partial charge is 0.251 e. The van der Waals surface area contributed by atoms with E-state index in [0.717, 1.165) is 19.5 Å². The third kappa shape index (κ3) is 2.82. The predicted molar refractivity (Wildman–Crippen MR) is 64.5 cm³/mol. The van der Waals surface area contributed by atoms with Crippen LogP contribution in [0.1, 0.15) is 22.3 Å². The highest BCUT2D eigenvalue weighted by atomic mass is 19.1. The fourth-order valence-corrected chi connectivity index (χ4v) is 2.20. The zero-order valence-corrected chi connectivity index (χ0v) is 10.2. The van der Waals surface area contributed by atoms with Crippen LogP contribution in [0.5, 0.6) is 0 Å². The zero-order valence-electron chi connectivity index (χ0n) is 10.2. The summed E-state index contributed by atoms with van der Waals surface area (Å²) in [5.74, 6) is -0.414. The molecule has 0 aromatic heterocycles. The van der Waals surface area contributed by atoms with Gasteiger partial charge in [0.1, 0.15) is 5.82 Å². The van der Waals surface area contributed by atoms with E-state index in [1.54, 1.807) is 13.0 Å². The second kappa shape index (κ2) is 4.84. The number of carbonyl (C=O) groups excluding carboxylic acids is 1. The number of amides is 1. The standard InChI is InChI=1S/C13H17FN2O/c1-9-7-10(14)3-4-12(9)13(17)15-11-5-6-16(2)8-11/h3-4,7,11H,5-6,8H2,1-2H3,(H,15,17). The van der Waals surface area contributed by atoms with E-state index in [1.807, 2.05) is 7.05 Å². The van der Waals surface area contributed by atoms with E-state index in [-0.39, 0.29) is 17.8 Å². The molecule has 1 heterocycles.